The molecule has 2 N–H and O–H groups in total. The Kier molecular flexibility index (Phi) is 3.65. The second-order valence-electron chi connectivity index (χ2n) is 4.76. The molecule has 0 bridgehead atoms. The highest BCUT2D eigenvalue weighted by Crippen LogP contribution is 2.31. The van der Waals surface area contributed by atoms with Gasteiger partial charge in [-0.25, -0.2) is 4.98 Å². The van der Waals surface area contributed by atoms with E-state index in [1.807, 2.05) is 25.3 Å². The van der Waals surface area contributed by atoms with Crippen molar-refractivity contribution in [3.05, 3.63) is 23.9 Å². The van der Waals surface area contributed by atoms with E-state index in [0.29, 0.717) is 6.54 Å². The summed E-state index contributed by atoms with van der Waals surface area (Å²) in [5, 5.41) is 0. The number of hydrogen-bond donors (Lipinski definition) is 1. The van der Waals surface area contributed by atoms with Gasteiger partial charge in [0.1, 0.15) is 5.82 Å². The van der Waals surface area contributed by atoms with Crippen molar-refractivity contribution in [1.29, 1.82) is 0 Å². The van der Waals surface area contributed by atoms with E-state index in [0.717, 1.165) is 23.8 Å². The van der Waals surface area contributed by atoms with Gasteiger partial charge < -0.3 is 10.6 Å². The van der Waals surface area contributed by atoms with Gasteiger partial charge >= 0.3 is 0 Å². The Morgan fingerprint density at radius 1 is 1.65 bits per heavy atom. The highest BCUT2D eigenvalue weighted by Gasteiger charge is 2.24. The number of nitrogens with zero attached hydrogens (tertiary/aromatic N) is 2. The summed E-state index contributed by atoms with van der Waals surface area (Å²) in [7, 11) is 0. The van der Waals surface area contributed by atoms with E-state index >= 15 is 0 Å². The molecular formula is C14H19N3. The van der Waals surface area contributed by atoms with Gasteiger partial charge in [0.15, 0.2) is 0 Å². The zero-order valence-electron chi connectivity index (χ0n) is 10.3. The number of aromatic nitrogens is 1. The smallest absolute Gasteiger partial charge is 0.129 e. The third-order valence-corrected chi connectivity index (χ3v) is 3.08. The normalized spacial score (nSPS) is 16.3. The molecule has 1 fully saturated rings. The monoisotopic (exact) mass is 229 g/mol. The first-order valence-corrected chi connectivity index (χ1v) is 6.10. The van der Waals surface area contributed by atoms with Crippen molar-refractivity contribution in [2.75, 3.05) is 18.0 Å². The highest BCUT2D eigenvalue weighted by atomic mass is 15.2. The number of terminal acetylenes is 1. The minimum atomic E-state index is 0.0327. The predicted molar refractivity (Wildman–Crippen MR) is 70.6 cm³/mol. The minimum Gasteiger partial charge on any atom is -0.345 e. The quantitative estimate of drug-likeness (QED) is 0.785. The van der Waals surface area contributed by atoms with Gasteiger partial charge in [-0.05, 0) is 43.4 Å². The summed E-state index contributed by atoms with van der Waals surface area (Å²) in [6.07, 6.45) is 9.85. The molecule has 1 aromatic rings. The lowest BCUT2D eigenvalue weighted by Gasteiger charge is -2.22. The molecule has 1 saturated carbocycles. The van der Waals surface area contributed by atoms with E-state index in [1.54, 1.807) is 0 Å². The van der Waals surface area contributed by atoms with Crippen LogP contribution in [0.3, 0.4) is 0 Å². The molecule has 3 heteroatoms. The summed E-state index contributed by atoms with van der Waals surface area (Å²) in [4.78, 5) is 6.57. The van der Waals surface area contributed by atoms with Gasteiger partial charge in [0.05, 0.1) is 6.54 Å². The molecule has 2 rings (SSSR count). The van der Waals surface area contributed by atoms with Crippen molar-refractivity contribution in [3.63, 3.8) is 0 Å². The van der Waals surface area contributed by atoms with Crippen LogP contribution in [-0.2, 0) is 0 Å². The van der Waals surface area contributed by atoms with Gasteiger partial charge in [0.2, 0.25) is 0 Å². The van der Waals surface area contributed by atoms with Crippen LogP contribution in [0.15, 0.2) is 18.3 Å². The second-order valence-corrected chi connectivity index (χ2v) is 4.76. The topological polar surface area (TPSA) is 42.1 Å². The van der Waals surface area contributed by atoms with Crippen LogP contribution in [0.25, 0.3) is 0 Å². The van der Waals surface area contributed by atoms with E-state index in [9.17, 15) is 0 Å². The molecule has 0 spiro atoms. The third-order valence-electron chi connectivity index (χ3n) is 3.08. The molecule has 0 amide bonds. The molecule has 3 nitrogen and oxygen atoms in total. The highest BCUT2D eigenvalue weighted by molar-refractivity contribution is 5.43. The zero-order valence-corrected chi connectivity index (χ0v) is 10.3. The molecule has 0 saturated heterocycles. The maximum absolute atomic E-state index is 5.88. The largest absolute Gasteiger partial charge is 0.345 e. The molecule has 0 aliphatic heterocycles. The molecule has 1 aliphatic rings. The van der Waals surface area contributed by atoms with Crippen LogP contribution in [0.1, 0.15) is 31.4 Å². The van der Waals surface area contributed by atoms with E-state index < -0.39 is 0 Å². The average Bonchev–Trinajstić information content (AvgIpc) is 3.12. The molecule has 1 atom stereocenters. The summed E-state index contributed by atoms with van der Waals surface area (Å²) < 4.78 is 0. The van der Waals surface area contributed by atoms with Crippen LogP contribution < -0.4 is 10.6 Å². The van der Waals surface area contributed by atoms with Crippen molar-refractivity contribution < 1.29 is 0 Å². The summed E-state index contributed by atoms with van der Waals surface area (Å²) >= 11 is 0. The second kappa shape index (κ2) is 5.20. The van der Waals surface area contributed by atoms with E-state index in [-0.39, 0.29) is 6.04 Å². The standard InChI is InChI=1S/C14H19N3/c1-3-8-17(10-12-4-5-12)14-9-13(11(2)15)6-7-16-14/h1,6-7,9,11-12H,4-5,8,10,15H2,2H3/t11-/m1/s1. The van der Waals surface area contributed by atoms with Gasteiger partial charge in [-0.3, -0.25) is 0 Å². The van der Waals surface area contributed by atoms with Gasteiger partial charge in [-0.15, -0.1) is 6.42 Å². The average molecular weight is 229 g/mol. The molecular weight excluding hydrogens is 210 g/mol. The van der Waals surface area contributed by atoms with Gasteiger partial charge in [-0.2, -0.15) is 0 Å². The van der Waals surface area contributed by atoms with Crippen LogP contribution in [0, 0.1) is 18.3 Å². The number of pyridine rings is 1. The Bertz CT molecular complexity index is 416. The maximum atomic E-state index is 5.88. The van der Waals surface area contributed by atoms with Crippen LogP contribution >= 0.6 is 0 Å². The zero-order chi connectivity index (χ0) is 12.3. The lowest BCUT2D eigenvalue weighted by atomic mass is 10.1. The lowest BCUT2D eigenvalue weighted by Crippen LogP contribution is -2.27. The molecule has 0 unspecified atom stereocenters. The summed E-state index contributed by atoms with van der Waals surface area (Å²) in [5.41, 5.74) is 6.99. The van der Waals surface area contributed by atoms with Crippen molar-refractivity contribution in [3.8, 4) is 12.3 Å². The van der Waals surface area contributed by atoms with Crippen molar-refractivity contribution in [2.45, 2.75) is 25.8 Å². The van der Waals surface area contributed by atoms with Gasteiger partial charge in [0.25, 0.3) is 0 Å². The fourth-order valence-corrected chi connectivity index (χ4v) is 1.85. The van der Waals surface area contributed by atoms with Crippen molar-refractivity contribution >= 4 is 5.82 Å². The molecule has 17 heavy (non-hydrogen) atoms. The Morgan fingerprint density at radius 2 is 2.41 bits per heavy atom. The maximum Gasteiger partial charge on any atom is 0.129 e. The van der Waals surface area contributed by atoms with E-state index in [4.69, 9.17) is 12.2 Å². The van der Waals surface area contributed by atoms with Gasteiger partial charge in [-0.1, -0.05) is 5.92 Å². The predicted octanol–water partition coefficient (Wildman–Crippen LogP) is 1.95. The fraction of sp³-hybridized carbons (Fsp3) is 0.500. The molecule has 1 aromatic heterocycles. The fourth-order valence-electron chi connectivity index (χ4n) is 1.85. The Hall–Kier alpha value is -1.53. The molecule has 0 radical (unpaired) electrons. The summed E-state index contributed by atoms with van der Waals surface area (Å²) in [6, 6.07) is 4.04. The van der Waals surface area contributed by atoms with Crippen LogP contribution in [0.4, 0.5) is 5.82 Å². The van der Waals surface area contributed by atoms with E-state index in [2.05, 4.69) is 15.8 Å². The first kappa shape index (κ1) is 11.9. The minimum absolute atomic E-state index is 0.0327. The molecule has 1 heterocycles. The molecule has 1 aliphatic carbocycles. The van der Waals surface area contributed by atoms with Crippen LogP contribution in [-0.4, -0.2) is 18.1 Å². The number of hydrogen-bond acceptors (Lipinski definition) is 3. The summed E-state index contributed by atoms with van der Waals surface area (Å²) in [5.74, 6) is 4.45. The Morgan fingerprint density at radius 3 is 3.00 bits per heavy atom. The number of anilines is 1. The van der Waals surface area contributed by atoms with Crippen LogP contribution in [0.5, 0.6) is 0 Å². The Balaban J connectivity index is 2.15. The van der Waals surface area contributed by atoms with Gasteiger partial charge in [0, 0.05) is 18.8 Å². The third kappa shape index (κ3) is 3.21. The first-order chi connectivity index (χ1) is 8.20. The number of rotatable bonds is 5. The lowest BCUT2D eigenvalue weighted by molar-refractivity contribution is 0.750. The summed E-state index contributed by atoms with van der Waals surface area (Å²) in [6.45, 7) is 3.61. The number of nitrogens with two attached hydrogens (primary N) is 1. The van der Waals surface area contributed by atoms with E-state index in [1.165, 1.54) is 12.8 Å². The van der Waals surface area contributed by atoms with Crippen molar-refractivity contribution in [2.24, 2.45) is 11.7 Å². The Labute approximate surface area is 103 Å². The van der Waals surface area contributed by atoms with Crippen LogP contribution in [0.2, 0.25) is 0 Å². The first-order valence-electron chi connectivity index (χ1n) is 6.10. The molecule has 0 aromatic carbocycles. The SMILES string of the molecule is C#CCN(CC1CC1)c1cc([C@@H](C)N)ccn1. The van der Waals surface area contributed by atoms with Crippen molar-refractivity contribution in [1.82, 2.24) is 4.98 Å². The molecule has 90 valence electrons.